The Bertz CT molecular complexity index is 859. The molecule has 158 valence electrons. The van der Waals surface area contributed by atoms with E-state index < -0.39 is 59.0 Å². The topological polar surface area (TPSA) is 119 Å². The van der Waals surface area contributed by atoms with E-state index in [-0.39, 0.29) is 11.3 Å². The molecule has 0 aromatic rings. The predicted octanol–water partition coefficient (Wildman–Crippen LogP) is 0.939. The number of esters is 2. The highest BCUT2D eigenvalue weighted by Crippen LogP contribution is 2.45. The summed E-state index contributed by atoms with van der Waals surface area (Å²) in [5, 5.41) is 22.1. The number of carbonyl (C=O) groups is 3. The third-order valence-electron chi connectivity index (χ3n) is 5.81. The highest BCUT2D eigenvalue weighted by molar-refractivity contribution is 6.20. The van der Waals surface area contributed by atoms with Gasteiger partial charge in [-0.3, -0.25) is 4.79 Å². The van der Waals surface area contributed by atoms with Crippen LogP contribution in [0.2, 0.25) is 0 Å². The van der Waals surface area contributed by atoms with Crippen LogP contribution in [0.4, 0.5) is 0 Å². The maximum atomic E-state index is 12.6. The fraction of sp³-hybridized carbons (Fsp3) is 0.550. The molecule has 0 aromatic heterocycles. The molecule has 2 N–H and O–H groups in total. The van der Waals surface area contributed by atoms with Crippen LogP contribution in [-0.4, -0.2) is 63.3 Å². The monoisotopic (exact) mass is 426 g/mol. The van der Waals surface area contributed by atoms with E-state index in [1.165, 1.54) is 32.1 Å². The van der Waals surface area contributed by atoms with Crippen LogP contribution in [0.3, 0.4) is 0 Å². The number of carbonyl (C=O) groups excluding carboxylic acids is 3. The number of alkyl halides is 1. The molecule has 8 nitrogen and oxygen atoms in total. The van der Waals surface area contributed by atoms with Crippen molar-refractivity contribution in [2.24, 2.45) is 5.92 Å². The number of rotatable bonds is 3. The second-order valence-electron chi connectivity index (χ2n) is 7.67. The standard InChI is InChI=1S/C20H23ClO8/c1-5-9(2)17(24)28-15-14-12(27-18(25)20(14,26)8-21)6-10(3)11-7-13(22)19(4,29-11)16(15)23/h5-7,12,14-16,23,26H,8H2,1-4H3. The van der Waals surface area contributed by atoms with Crippen LogP contribution >= 0.6 is 11.6 Å². The number of fused-ring (bicyclic) bond motifs is 3. The lowest BCUT2D eigenvalue weighted by molar-refractivity contribution is -0.186. The summed E-state index contributed by atoms with van der Waals surface area (Å²) in [6, 6.07) is 0. The van der Waals surface area contributed by atoms with E-state index in [2.05, 4.69) is 0 Å². The number of allylic oxidation sites excluding steroid dienone is 2. The molecule has 3 heterocycles. The highest BCUT2D eigenvalue weighted by Gasteiger charge is 2.65. The van der Waals surface area contributed by atoms with Gasteiger partial charge in [-0.25, -0.2) is 9.59 Å². The van der Waals surface area contributed by atoms with E-state index >= 15 is 0 Å². The number of hydrogen-bond acceptors (Lipinski definition) is 8. The minimum absolute atomic E-state index is 0.198. The number of ether oxygens (including phenoxy) is 3. The zero-order chi connectivity index (χ0) is 21.7. The van der Waals surface area contributed by atoms with Gasteiger partial charge in [0.25, 0.3) is 0 Å². The Morgan fingerprint density at radius 2 is 2.07 bits per heavy atom. The Morgan fingerprint density at radius 3 is 2.66 bits per heavy atom. The van der Waals surface area contributed by atoms with Crippen molar-refractivity contribution >= 4 is 29.3 Å². The van der Waals surface area contributed by atoms with Crippen LogP contribution in [0.25, 0.3) is 0 Å². The van der Waals surface area contributed by atoms with Crippen molar-refractivity contribution in [3.8, 4) is 0 Å². The number of ketones is 1. The van der Waals surface area contributed by atoms with E-state index in [9.17, 15) is 24.6 Å². The lowest BCUT2D eigenvalue weighted by Gasteiger charge is -2.39. The number of halogens is 1. The molecule has 6 unspecified atom stereocenters. The van der Waals surface area contributed by atoms with Crippen LogP contribution in [-0.2, 0) is 28.6 Å². The van der Waals surface area contributed by atoms with Gasteiger partial charge in [-0.1, -0.05) is 6.08 Å². The van der Waals surface area contributed by atoms with Crippen molar-refractivity contribution in [2.45, 2.75) is 57.2 Å². The number of aliphatic hydroxyl groups is 2. The van der Waals surface area contributed by atoms with Gasteiger partial charge in [0.1, 0.15) is 24.1 Å². The lowest BCUT2D eigenvalue weighted by atomic mass is 9.76. The molecule has 2 bridgehead atoms. The van der Waals surface area contributed by atoms with Crippen LogP contribution in [0.5, 0.6) is 0 Å². The maximum absolute atomic E-state index is 12.6. The molecule has 0 aliphatic carbocycles. The molecular weight excluding hydrogens is 404 g/mol. The first-order chi connectivity index (χ1) is 13.5. The Labute approximate surface area is 172 Å². The molecular formula is C20H23ClO8. The van der Waals surface area contributed by atoms with Crippen molar-refractivity contribution < 1.29 is 38.8 Å². The molecule has 0 spiro atoms. The zero-order valence-corrected chi connectivity index (χ0v) is 17.2. The van der Waals surface area contributed by atoms with Crippen LogP contribution in [0.1, 0.15) is 27.7 Å². The van der Waals surface area contributed by atoms with E-state index in [0.717, 1.165) is 0 Å². The quantitative estimate of drug-likeness (QED) is 0.388. The zero-order valence-electron chi connectivity index (χ0n) is 16.5. The molecule has 9 heteroatoms. The molecule has 1 saturated heterocycles. The average molecular weight is 427 g/mol. The van der Waals surface area contributed by atoms with Crippen molar-refractivity contribution in [3.63, 3.8) is 0 Å². The van der Waals surface area contributed by atoms with Gasteiger partial charge < -0.3 is 24.4 Å². The van der Waals surface area contributed by atoms with Crippen LogP contribution < -0.4 is 0 Å². The van der Waals surface area contributed by atoms with Gasteiger partial charge in [-0.05, 0) is 39.3 Å². The second-order valence-corrected chi connectivity index (χ2v) is 7.94. The predicted molar refractivity (Wildman–Crippen MR) is 101 cm³/mol. The molecule has 3 rings (SSSR count). The Hall–Kier alpha value is -2.16. The van der Waals surface area contributed by atoms with E-state index in [1.54, 1.807) is 13.8 Å². The summed E-state index contributed by atoms with van der Waals surface area (Å²) in [6.07, 6.45) is -0.0782. The van der Waals surface area contributed by atoms with Crippen LogP contribution in [0.15, 0.2) is 35.1 Å². The van der Waals surface area contributed by atoms with E-state index in [1.807, 2.05) is 0 Å². The van der Waals surface area contributed by atoms with E-state index in [4.69, 9.17) is 25.8 Å². The van der Waals surface area contributed by atoms with Gasteiger partial charge in [0.05, 0.1) is 11.8 Å². The fourth-order valence-corrected chi connectivity index (χ4v) is 4.02. The molecule has 0 aromatic carbocycles. The van der Waals surface area contributed by atoms with Crippen molar-refractivity contribution in [3.05, 3.63) is 35.1 Å². The number of aliphatic hydroxyl groups excluding tert-OH is 1. The largest absolute Gasteiger partial charge is 0.476 e. The molecule has 0 saturated carbocycles. The summed E-state index contributed by atoms with van der Waals surface area (Å²) in [5.74, 6) is -3.94. The van der Waals surface area contributed by atoms with Crippen molar-refractivity contribution in [2.75, 3.05) is 5.88 Å². The molecule has 0 radical (unpaired) electrons. The summed E-state index contributed by atoms with van der Waals surface area (Å²) in [4.78, 5) is 37.6. The third kappa shape index (κ3) is 3.19. The third-order valence-corrected chi connectivity index (χ3v) is 6.22. The van der Waals surface area contributed by atoms with Crippen molar-refractivity contribution in [1.29, 1.82) is 0 Å². The summed E-state index contributed by atoms with van der Waals surface area (Å²) in [6.45, 7) is 6.13. The summed E-state index contributed by atoms with van der Waals surface area (Å²) >= 11 is 5.90. The molecule has 3 aliphatic heterocycles. The minimum atomic E-state index is -2.24. The van der Waals surface area contributed by atoms with E-state index in [0.29, 0.717) is 5.57 Å². The second kappa shape index (κ2) is 7.27. The Morgan fingerprint density at radius 1 is 1.41 bits per heavy atom. The minimum Gasteiger partial charge on any atom is -0.476 e. The maximum Gasteiger partial charge on any atom is 0.340 e. The van der Waals surface area contributed by atoms with Gasteiger partial charge in [-0.15, -0.1) is 11.6 Å². The normalized spacial score (nSPS) is 39.3. The summed E-state index contributed by atoms with van der Waals surface area (Å²) in [7, 11) is 0. The van der Waals surface area contributed by atoms with Crippen molar-refractivity contribution in [1.82, 2.24) is 0 Å². The first-order valence-electron chi connectivity index (χ1n) is 9.15. The SMILES string of the molecule is CC=C(C)C(=O)OC1C2C(C=C(C)C3=CC(=O)C(C)(O3)C1O)OC(=O)C2(O)CCl. The molecule has 3 aliphatic rings. The lowest BCUT2D eigenvalue weighted by Crippen LogP contribution is -2.60. The molecule has 0 amide bonds. The molecule has 29 heavy (non-hydrogen) atoms. The Kier molecular flexibility index (Phi) is 5.40. The first-order valence-corrected chi connectivity index (χ1v) is 9.68. The molecule has 6 atom stereocenters. The fourth-order valence-electron chi connectivity index (χ4n) is 3.73. The van der Waals surface area contributed by atoms with Gasteiger partial charge in [0, 0.05) is 11.6 Å². The van der Waals surface area contributed by atoms with Gasteiger partial charge in [0.15, 0.2) is 11.2 Å². The smallest absolute Gasteiger partial charge is 0.340 e. The molecule has 1 fully saturated rings. The first kappa shape index (κ1) is 21.5. The average Bonchev–Trinajstić information content (AvgIpc) is 3.13. The van der Waals surface area contributed by atoms with Gasteiger partial charge in [0.2, 0.25) is 5.78 Å². The van der Waals surface area contributed by atoms with Gasteiger partial charge in [-0.2, -0.15) is 0 Å². The summed E-state index contributed by atoms with van der Waals surface area (Å²) in [5.41, 5.74) is -3.32. The summed E-state index contributed by atoms with van der Waals surface area (Å²) < 4.78 is 16.6. The number of hydrogen-bond donors (Lipinski definition) is 2. The van der Waals surface area contributed by atoms with Crippen LogP contribution in [0, 0.1) is 5.92 Å². The van der Waals surface area contributed by atoms with Gasteiger partial charge >= 0.3 is 11.9 Å². The Balaban J connectivity index is 2.19. The highest BCUT2D eigenvalue weighted by atomic mass is 35.5.